The number of anilines is 1. The molecular formula is C22H26BrN3O5S2. The number of carbonyl (C=O) groups excluding carboxylic acids is 1. The zero-order valence-corrected chi connectivity index (χ0v) is 21.4. The van der Waals surface area contributed by atoms with E-state index in [4.69, 9.17) is 21.7 Å². The topological polar surface area (TPSA) is 97.0 Å². The van der Waals surface area contributed by atoms with E-state index in [0.717, 1.165) is 19.3 Å². The summed E-state index contributed by atoms with van der Waals surface area (Å²) in [5.74, 6) is 0.213. The Labute approximate surface area is 207 Å². The van der Waals surface area contributed by atoms with Crippen LogP contribution in [0.15, 0.2) is 51.8 Å². The van der Waals surface area contributed by atoms with Gasteiger partial charge in [0.15, 0.2) is 5.11 Å². The maximum absolute atomic E-state index is 12.8. The number of nitrogens with zero attached hydrogens (tertiary/aromatic N) is 1. The molecule has 0 saturated carbocycles. The number of methoxy groups -OCH3 is 1. The summed E-state index contributed by atoms with van der Waals surface area (Å²) in [6.45, 7) is 1.95. The normalized spacial score (nSPS) is 14.5. The van der Waals surface area contributed by atoms with Gasteiger partial charge >= 0.3 is 0 Å². The van der Waals surface area contributed by atoms with Crippen LogP contribution >= 0.6 is 28.1 Å². The summed E-state index contributed by atoms with van der Waals surface area (Å²) in [7, 11) is -1.90. The fourth-order valence-electron chi connectivity index (χ4n) is 3.30. The maximum atomic E-state index is 12.8. The zero-order valence-electron chi connectivity index (χ0n) is 18.2. The van der Waals surface area contributed by atoms with Crippen LogP contribution < -0.4 is 15.4 Å². The molecule has 0 atom stereocenters. The van der Waals surface area contributed by atoms with E-state index < -0.39 is 10.0 Å². The van der Waals surface area contributed by atoms with Crippen LogP contribution in [0.25, 0.3) is 0 Å². The average Bonchev–Trinajstić information content (AvgIpc) is 2.81. The largest absolute Gasteiger partial charge is 0.490 e. The van der Waals surface area contributed by atoms with Gasteiger partial charge in [-0.3, -0.25) is 10.1 Å². The molecule has 2 N–H and O–H groups in total. The monoisotopic (exact) mass is 555 g/mol. The third-order valence-electron chi connectivity index (χ3n) is 5.03. The molecule has 1 aliphatic heterocycles. The van der Waals surface area contributed by atoms with Gasteiger partial charge in [-0.15, -0.1) is 0 Å². The van der Waals surface area contributed by atoms with Crippen LogP contribution in [0.4, 0.5) is 5.69 Å². The van der Waals surface area contributed by atoms with Crippen LogP contribution in [-0.2, 0) is 14.8 Å². The van der Waals surface area contributed by atoms with Gasteiger partial charge in [0.1, 0.15) is 12.4 Å². The Balaban J connectivity index is 1.57. The van der Waals surface area contributed by atoms with Gasteiger partial charge in [-0.25, -0.2) is 8.42 Å². The van der Waals surface area contributed by atoms with Crippen molar-refractivity contribution in [2.75, 3.05) is 38.7 Å². The number of benzene rings is 2. The van der Waals surface area contributed by atoms with Crippen molar-refractivity contribution in [3.63, 3.8) is 0 Å². The second kappa shape index (κ2) is 11.9. The first-order valence-corrected chi connectivity index (χ1v) is 13.1. The smallest absolute Gasteiger partial charge is 0.257 e. The number of thiocarbonyl (C=S) groups is 1. The minimum absolute atomic E-state index is 0.100. The lowest BCUT2D eigenvalue weighted by Crippen LogP contribution is -2.35. The Hall–Kier alpha value is -2.05. The van der Waals surface area contributed by atoms with E-state index in [1.165, 1.54) is 16.4 Å². The highest BCUT2D eigenvalue weighted by atomic mass is 79.9. The number of amides is 1. The highest BCUT2D eigenvalue weighted by Crippen LogP contribution is 2.26. The van der Waals surface area contributed by atoms with Gasteiger partial charge in [0.25, 0.3) is 5.91 Å². The second-order valence-corrected chi connectivity index (χ2v) is 10.6. The number of carbonyl (C=O) groups is 1. The average molecular weight is 557 g/mol. The molecule has 8 nitrogen and oxygen atoms in total. The van der Waals surface area contributed by atoms with E-state index in [1.807, 2.05) is 0 Å². The first-order chi connectivity index (χ1) is 15.8. The Bertz CT molecular complexity index is 1090. The molecule has 1 aliphatic rings. The van der Waals surface area contributed by atoms with E-state index in [9.17, 15) is 13.2 Å². The molecule has 1 saturated heterocycles. The summed E-state index contributed by atoms with van der Waals surface area (Å²) >= 11 is 8.62. The van der Waals surface area contributed by atoms with Crippen molar-refractivity contribution in [2.45, 2.75) is 24.2 Å². The molecule has 1 heterocycles. The summed E-state index contributed by atoms with van der Waals surface area (Å²) in [6, 6.07) is 11.3. The molecule has 0 aromatic heterocycles. The van der Waals surface area contributed by atoms with E-state index >= 15 is 0 Å². The minimum Gasteiger partial charge on any atom is -0.490 e. The van der Waals surface area contributed by atoms with Crippen molar-refractivity contribution in [3.05, 3.63) is 52.5 Å². The lowest BCUT2D eigenvalue weighted by atomic mass is 10.2. The predicted molar refractivity (Wildman–Crippen MR) is 134 cm³/mol. The minimum atomic E-state index is -3.50. The molecule has 0 aliphatic carbocycles. The lowest BCUT2D eigenvalue weighted by Gasteiger charge is -2.25. The van der Waals surface area contributed by atoms with Gasteiger partial charge in [-0.1, -0.05) is 6.42 Å². The molecule has 2 aromatic carbocycles. The van der Waals surface area contributed by atoms with Gasteiger partial charge < -0.3 is 14.8 Å². The Kier molecular flexibility index (Phi) is 9.21. The number of ether oxygens (including phenoxy) is 2. The molecule has 178 valence electrons. The van der Waals surface area contributed by atoms with Crippen LogP contribution in [0.3, 0.4) is 0 Å². The fraction of sp³-hybridized carbons (Fsp3) is 0.364. The quantitative estimate of drug-likeness (QED) is 0.378. The van der Waals surface area contributed by atoms with Crippen molar-refractivity contribution < 1.29 is 22.7 Å². The molecule has 1 amide bonds. The Morgan fingerprint density at radius 1 is 1.09 bits per heavy atom. The third-order valence-corrected chi connectivity index (χ3v) is 7.77. The maximum Gasteiger partial charge on any atom is 0.257 e. The van der Waals surface area contributed by atoms with Crippen LogP contribution in [0.1, 0.15) is 29.6 Å². The van der Waals surface area contributed by atoms with E-state index in [1.54, 1.807) is 37.4 Å². The van der Waals surface area contributed by atoms with Crippen molar-refractivity contribution in [1.82, 2.24) is 9.62 Å². The summed E-state index contributed by atoms with van der Waals surface area (Å²) in [4.78, 5) is 12.8. The van der Waals surface area contributed by atoms with Gasteiger partial charge in [0.2, 0.25) is 10.0 Å². The van der Waals surface area contributed by atoms with Crippen molar-refractivity contribution >= 4 is 54.9 Å². The molecule has 33 heavy (non-hydrogen) atoms. The Morgan fingerprint density at radius 2 is 1.79 bits per heavy atom. The number of nitrogens with one attached hydrogen (secondary N) is 2. The van der Waals surface area contributed by atoms with Gasteiger partial charge in [0, 0.05) is 31.5 Å². The fourth-order valence-corrected chi connectivity index (χ4v) is 5.52. The van der Waals surface area contributed by atoms with Crippen molar-refractivity contribution in [3.8, 4) is 5.75 Å². The number of sulfonamides is 1. The van der Waals surface area contributed by atoms with Crippen molar-refractivity contribution in [2.24, 2.45) is 0 Å². The zero-order chi connectivity index (χ0) is 23.8. The van der Waals surface area contributed by atoms with E-state index in [0.29, 0.717) is 47.8 Å². The summed E-state index contributed by atoms with van der Waals surface area (Å²) < 4.78 is 38.2. The van der Waals surface area contributed by atoms with Gasteiger partial charge in [-0.2, -0.15) is 4.31 Å². The van der Waals surface area contributed by atoms with Crippen LogP contribution in [0.2, 0.25) is 0 Å². The number of halogens is 1. The molecular weight excluding hydrogens is 530 g/mol. The number of hydrogen-bond acceptors (Lipinski definition) is 6. The summed E-state index contributed by atoms with van der Waals surface area (Å²) in [5, 5.41) is 5.62. The van der Waals surface area contributed by atoms with Crippen LogP contribution in [0, 0.1) is 0 Å². The number of piperidine rings is 1. The highest BCUT2D eigenvalue weighted by molar-refractivity contribution is 9.10. The van der Waals surface area contributed by atoms with Crippen molar-refractivity contribution in [1.29, 1.82) is 0 Å². The first kappa shape index (κ1) is 25.6. The highest BCUT2D eigenvalue weighted by Gasteiger charge is 2.25. The molecule has 0 spiro atoms. The lowest BCUT2D eigenvalue weighted by molar-refractivity contribution is 0.0977. The third kappa shape index (κ3) is 6.97. The SMILES string of the molecule is COCCOc1ccc(C(=O)NC(=S)Nc2ccc(S(=O)(=O)N3CCCCC3)cc2)cc1Br. The van der Waals surface area contributed by atoms with Gasteiger partial charge in [-0.05, 0) is 83.5 Å². The summed E-state index contributed by atoms with van der Waals surface area (Å²) in [6.07, 6.45) is 2.82. The van der Waals surface area contributed by atoms with E-state index in [2.05, 4.69) is 26.6 Å². The standard InChI is InChI=1S/C22H26BrN3O5S2/c1-30-13-14-31-20-10-5-16(15-19(20)23)21(27)25-22(32)24-17-6-8-18(9-7-17)33(28,29)26-11-3-2-4-12-26/h5-10,15H,2-4,11-14H2,1H3,(H2,24,25,27,32). The molecule has 2 aromatic rings. The van der Waals surface area contributed by atoms with Gasteiger partial charge in [0.05, 0.1) is 16.0 Å². The Morgan fingerprint density at radius 3 is 2.42 bits per heavy atom. The molecule has 3 rings (SSSR count). The van der Waals surface area contributed by atoms with E-state index in [-0.39, 0.29) is 15.9 Å². The summed E-state index contributed by atoms with van der Waals surface area (Å²) in [5.41, 5.74) is 0.967. The first-order valence-electron chi connectivity index (χ1n) is 10.4. The second-order valence-electron chi connectivity index (χ2n) is 7.38. The van der Waals surface area contributed by atoms with Crippen LogP contribution in [0.5, 0.6) is 5.75 Å². The predicted octanol–water partition coefficient (Wildman–Crippen LogP) is 3.78. The number of hydrogen-bond donors (Lipinski definition) is 2. The molecule has 1 fully saturated rings. The molecule has 0 unspecified atom stereocenters. The molecule has 0 radical (unpaired) electrons. The number of rotatable bonds is 8. The molecule has 0 bridgehead atoms. The molecule has 11 heteroatoms. The van der Waals surface area contributed by atoms with Crippen LogP contribution in [-0.4, -0.2) is 57.2 Å².